The number of amides is 1. The van der Waals surface area contributed by atoms with Gasteiger partial charge in [-0.25, -0.2) is 4.98 Å². The molecule has 0 radical (unpaired) electrons. The van der Waals surface area contributed by atoms with Crippen molar-refractivity contribution < 1.29 is 4.79 Å². The maximum Gasteiger partial charge on any atom is 0.273 e. The maximum atomic E-state index is 12.7. The third-order valence-corrected chi connectivity index (χ3v) is 4.81. The number of carbonyl (C=O) groups excluding carboxylic acids is 1. The van der Waals surface area contributed by atoms with Gasteiger partial charge in [-0.15, -0.1) is 11.3 Å². The standard InChI is InChI=1S/C19H18ClN3OS/c1-2-23(12-14-8-4-3-5-9-14)18(24)17-13-25-19(22-17)21-16-11-7-6-10-15(16)20/h3-11,13H,2,12H2,1H3,(H,21,22). The molecule has 0 bridgehead atoms. The van der Waals surface area contributed by atoms with Crippen LogP contribution in [0.25, 0.3) is 0 Å². The second kappa shape index (κ2) is 8.14. The number of rotatable bonds is 6. The molecule has 1 amide bonds. The number of carbonyl (C=O) groups is 1. The van der Waals surface area contributed by atoms with Crippen molar-refractivity contribution in [3.63, 3.8) is 0 Å². The molecule has 0 unspecified atom stereocenters. The lowest BCUT2D eigenvalue weighted by atomic mass is 10.2. The van der Waals surface area contributed by atoms with Crippen LogP contribution in [-0.4, -0.2) is 22.3 Å². The zero-order valence-electron chi connectivity index (χ0n) is 13.8. The van der Waals surface area contributed by atoms with Crippen LogP contribution in [0.4, 0.5) is 10.8 Å². The third-order valence-electron chi connectivity index (χ3n) is 3.72. The molecule has 0 aliphatic carbocycles. The maximum absolute atomic E-state index is 12.7. The summed E-state index contributed by atoms with van der Waals surface area (Å²) in [5.41, 5.74) is 2.31. The minimum absolute atomic E-state index is 0.0742. The summed E-state index contributed by atoms with van der Waals surface area (Å²) in [6, 6.07) is 17.4. The fourth-order valence-electron chi connectivity index (χ4n) is 2.40. The first-order chi connectivity index (χ1) is 12.2. The first-order valence-corrected chi connectivity index (χ1v) is 9.23. The van der Waals surface area contributed by atoms with Gasteiger partial charge in [0, 0.05) is 18.5 Å². The molecular weight excluding hydrogens is 354 g/mol. The Morgan fingerprint density at radius 1 is 1.16 bits per heavy atom. The number of hydrogen-bond donors (Lipinski definition) is 1. The predicted octanol–water partition coefficient (Wildman–Crippen LogP) is 5.20. The van der Waals surface area contributed by atoms with E-state index in [1.807, 2.05) is 61.5 Å². The molecule has 1 heterocycles. The van der Waals surface area contributed by atoms with Crippen LogP contribution < -0.4 is 5.32 Å². The average molecular weight is 372 g/mol. The van der Waals surface area contributed by atoms with Gasteiger partial charge in [0.1, 0.15) is 5.69 Å². The van der Waals surface area contributed by atoms with E-state index in [0.29, 0.717) is 28.9 Å². The van der Waals surface area contributed by atoms with E-state index in [0.717, 1.165) is 11.3 Å². The van der Waals surface area contributed by atoms with Crippen LogP contribution in [0.3, 0.4) is 0 Å². The topological polar surface area (TPSA) is 45.2 Å². The van der Waals surface area contributed by atoms with E-state index in [1.165, 1.54) is 11.3 Å². The van der Waals surface area contributed by atoms with Gasteiger partial charge in [0.05, 0.1) is 10.7 Å². The van der Waals surface area contributed by atoms with Gasteiger partial charge in [-0.05, 0) is 24.6 Å². The molecule has 1 aromatic heterocycles. The Hall–Kier alpha value is -2.37. The number of hydrogen-bond acceptors (Lipinski definition) is 4. The summed E-state index contributed by atoms with van der Waals surface area (Å²) >= 11 is 7.53. The van der Waals surface area contributed by atoms with E-state index >= 15 is 0 Å². The van der Waals surface area contributed by atoms with Gasteiger partial charge in [-0.2, -0.15) is 0 Å². The quantitative estimate of drug-likeness (QED) is 0.647. The van der Waals surface area contributed by atoms with E-state index in [1.54, 1.807) is 10.3 Å². The molecule has 128 valence electrons. The van der Waals surface area contributed by atoms with E-state index in [4.69, 9.17) is 11.6 Å². The van der Waals surface area contributed by atoms with E-state index < -0.39 is 0 Å². The van der Waals surface area contributed by atoms with Crippen LogP contribution in [-0.2, 0) is 6.54 Å². The van der Waals surface area contributed by atoms with Crippen LogP contribution in [0, 0.1) is 0 Å². The van der Waals surface area contributed by atoms with Crippen molar-refractivity contribution in [2.24, 2.45) is 0 Å². The average Bonchev–Trinajstić information content (AvgIpc) is 3.10. The molecule has 4 nitrogen and oxygen atoms in total. The second-order valence-electron chi connectivity index (χ2n) is 5.45. The lowest BCUT2D eigenvalue weighted by Gasteiger charge is -2.19. The second-order valence-corrected chi connectivity index (χ2v) is 6.71. The number of nitrogens with zero attached hydrogens (tertiary/aromatic N) is 2. The lowest BCUT2D eigenvalue weighted by Crippen LogP contribution is -2.30. The van der Waals surface area contributed by atoms with Crippen LogP contribution >= 0.6 is 22.9 Å². The van der Waals surface area contributed by atoms with Gasteiger partial charge < -0.3 is 10.2 Å². The van der Waals surface area contributed by atoms with Gasteiger partial charge in [-0.1, -0.05) is 54.1 Å². The van der Waals surface area contributed by atoms with Gasteiger partial charge in [0.15, 0.2) is 5.13 Å². The van der Waals surface area contributed by atoms with E-state index in [9.17, 15) is 4.79 Å². The highest BCUT2D eigenvalue weighted by Gasteiger charge is 2.18. The zero-order valence-corrected chi connectivity index (χ0v) is 15.3. The molecule has 3 aromatic rings. The van der Waals surface area contributed by atoms with Crippen molar-refractivity contribution in [3.8, 4) is 0 Å². The minimum atomic E-state index is -0.0742. The zero-order chi connectivity index (χ0) is 17.6. The number of halogens is 1. The summed E-state index contributed by atoms with van der Waals surface area (Å²) in [5.74, 6) is -0.0742. The van der Waals surface area contributed by atoms with Crippen molar-refractivity contribution >= 4 is 39.7 Å². The van der Waals surface area contributed by atoms with Crippen molar-refractivity contribution in [1.29, 1.82) is 0 Å². The SMILES string of the molecule is CCN(Cc1ccccc1)C(=O)c1csc(Nc2ccccc2Cl)n1. The molecule has 6 heteroatoms. The summed E-state index contributed by atoms with van der Waals surface area (Å²) in [7, 11) is 0. The van der Waals surface area contributed by atoms with E-state index in [-0.39, 0.29) is 5.91 Å². The molecule has 1 N–H and O–H groups in total. The van der Waals surface area contributed by atoms with Gasteiger partial charge in [0.2, 0.25) is 0 Å². The highest BCUT2D eigenvalue weighted by atomic mass is 35.5. The molecule has 0 aliphatic heterocycles. The van der Waals surface area contributed by atoms with Crippen LogP contribution in [0.5, 0.6) is 0 Å². The molecular formula is C19H18ClN3OS. The Balaban J connectivity index is 1.72. The highest BCUT2D eigenvalue weighted by molar-refractivity contribution is 7.14. The molecule has 0 saturated carbocycles. The first-order valence-electron chi connectivity index (χ1n) is 7.97. The minimum Gasteiger partial charge on any atom is -0.333 e. The van der Waals surface area contributed by atoms with Crippen molar-refractivity contribution in [2.75, 3.05) is 11.9 Å². The molecule has 0 saturated heterocycles. The van der Waals surface area contributed by atoms with Gasteiger partial charge >= 0.3 is 0 Å². The van der Waals surface area contributed by atoms with Gasteiger partial charge in [-0.3, -0.25) is 4.79 Å². The molecule has 0 fully saturated rings. The summed E-state index contributed by atoms with van der Waals surface area (Å²) in [6.45, 7) is 3.16. The van der Waals surface area contributed by atoms with Crippen LogP contribution in [0.1, 0.15) is 23.0 Å². The predicted molar refractivity (Wildman–Crippen MR) is 104 cm³/mol. The molecule has 3 rings (SSSR count). The molecule has 25 heavy (non-hydrogen) atoms. The van der Waals surface area contributed by atoms with Crippen molar-refractivity contribution in [1.82, 2.24) is 9.88 Å². The van der Waals surface area contributed by atoms with Crippen molar-refractivity contribution in [3.05, 3.63) is 76.3 Å². The Morgan fingerprint density at radius 3 is 2.60 bits per heavy atom. The first kappa shape index (κ1) is 17.5. The Labute approximate surface area is 156 Å². The number of nitrogens with one attached hydrogen (secondary N) is 1. The fourth-order valence-corrected chi connectivity index (χ4v) is 3.28. The normalized spacial score (nSPS) is 10.5. The van der Waals surface area contributed by atoms with Crippen LogP contribution in [0.15, 0.2) is 60.0 Å². The monoisotopic (exact) mass is 371 g/mol. The smallest absolute Gasteiger partial charge is 0.273 e. The summed E-state index contributed by atoms with van der Waals surface area (Å²) in [5, 5.41) is 6.19. The molecule has 0 atom stereocenters. The number of anilines is 2. The Kier molecular flexibility index (Phi) is 5.68. The highest BCUT2D eigenvalue weighted by Crippen LogP contribution is 2.27. The summed E-state index contributed by atoms with van der Waals surface area (Å²) in [4.78, 5) is 18.9. The fraction of sp³-hybridized carbons (Fsp3) is 0.158. The number of benzene rings is 2. The molecule has 0 spiro atoms. The van der Waals surface area contributed by atoms with Gasteiger partial charge in [0.25, 0.3) is 5.91 Å². The number of para-hydroxylation sites is 1. The van der Waals surface area contributed by atoms with Crippen molar-refractivity contribution in [2.45, 2.75) is 13.5 Å². The summed E-state index contributed by atoms with van der Waals surface area (Å²) in [6.07, 6.45) is 0. The lowest BCUT2D eigenvalue weighted by molar-refractivity contribution is 0.0747. The largest absolute Gasteiger partial charge is 0.333 e. The Bertz CT molecular complexity index is 851. The summed E-state index contributed by atoms with van der Waals surface area (Å²) < 4.78 is 0. The third kappa shape index (κ3) is 4.38. The molecule has 2 aromatic carbocycles. The van der Waals surface area contributed by atoms with E-state index in [2.05, 4.69) is 10.3 Å². The number of aromatic nitrogens is 1. The Morgan fingerprint density at radius 2 is 1.88 bits per heavy atom. The van der Waals surface area contributed by atoms with Crippen LogP contribution in [0.2, 0.25) is 5.02 Å². The molecule has 0 aliphatic rings. The number of thiazole rings is 1.